The largest absolute Gasteiger partial charge is 0.508 e. The van der Waals surface area contributed by atoms with Crippen molar-refractivity contribution in [2.24, 2.45) is 5.92 Å². The number of alkyl carbamates (subject to hydrolysis) is 1. The normalized spacial score (nSPS) is 15.7. The summed E-state index contributed by atoms with van der Waals surface area (Å²) in [7, 11) is 0. The highest BCUT2D eigenvalue weighted by molar-refractivity contribution is 6.34. The van der Waals surface area contributed by atoms with Crippen LogP contribution in [0.25, 0.3) is 0 Å². The fourth-order valence-electron chi connectivity index (χ4n) is 4.23. The first-order valence-electron chi connectivity index (χ1n) is 13.0. The van der Waals surface area contributed by atoms with Crippen molar-refractivity contribution in [1.82, 2.24) is 10.2 Å². The number of carbonyl (C=O) groups excluding carboxylic acids is 3. The number of carbonyl (C=O) groups is 3. The van der Waals surface area contributed by atoms with E-state index < -0.39 is 29.7 Å². The van der Waals surface area contributed by atoms with Crippen LogP contribution in [0.3, 0.4) is 0 Å². The Morgan fingerprint density at radius 3 is 2.29 bits per heavy atom. The maximum atomic E-state index is 14.2. The minimum absolute atomic E-state index is 0.0447. The van der Waals surface area contributed by atoms with E-state index in [1.807, 2.05) is 26.8 Å². The van der Waals surface area contributed by atoms with Gasteiger partial charge in [-0.2, -0.15) is 0 Å². The molecule has 0 radical (unpaired) electrons. The molecular weight excluding hydrogens is 506 g/mol. The molecule has 206 valence electrons. The Hall–Kier alpha value is -3.26. The van der Waals surface area contributed by atoms with Gasteiger partial charge in [0.05, 0.1) is 10.7 Å². The molecule has 0 bridgehead atoms. The van der Waals surface area contributed by atoms with Gasteiger partial charge in [-0.1, -0.05) is 56.1 Å². The number of rotatable bonds is 9. The quantitative estimate of drug-likeness (QED) is 0.361. The third kappa shape index (κ3) is 7.40. The number of ether oxygens (including phenoxy) is 1. The molecule has 3 N–H and O–H groups in total. The average Bonchev–Trinajstić information content (AvgIpc) is 3.67. The summed E-state index contributed by atoms with van der Waals surface area (Å²) in [4.78, 5) is 42.4. The van der Waals surface area contributed by atoms with Crippen molar-refractivity contribution in [3.63, 3.8) is 0 Å². The number of hydrogen-bond acceptors (Lipinski definition) is 5. The summed E-state index contributed by atoms with van der Waals surface area (Å²) in [6.07, 6.45) is 1.40. The number of benzene rings is 2. The number of phenolic OH excluding ortho intramolecular Hbond substituents is 1. The molecule has 3 unspecified atom stereocenters. The van der Waals surface area contributed by atoms with Crippen LogP contribution in [-0.4, -0.2) is 45.6 Å². The highest BCUT2D eigenvalue weighted by Gasteiger charge is 2.45. The van der Waals surface area contributed by atoms with Crippen molar-refractivity contribution < 1.29 is 24.2 Å². The van der Waals surface area contributed by atoms with Crippen LogP contribution in [0.5, 0.6) is 5.75 Å². The predicted octanol–water partition coefficient (Wildman–Crippen LogP) is 5.96. The van der Waals surface area contributed by atoms with Gasteiger partial charge in [0, 0.05) is 6.04 Å². The Kier molecular flexibility index (Phi) is 9.31. The Bertz CT molecular complexity index is 1140. The van der Waals surface area contributed by atoms with E-state index in [4.69, 9.17) is 16.3 Å². The lowest BCUT2D eigenvalue weighted by Gasteiger charge is -2.36. The summed E-state index contributed by atoms with van der Waals surface area (Å²) in [5.41, 5.74) is 1.05. The molecule has 1 saturated carbocycles. The van der Waals surface area contributed by atoms with Gasteiger partial charge in [0.15, 0.2) is 0 Å². The van der Waals surface area contributed by atoms with E-state index >= 15 is 0 Å². The van der Waals surface area contributed by atoms with Crippen molar-refractivity contribution in [2.75, 3.05) is 5.32 Å². The molecule has 3 rings (SSSR count). The number of aryl methyl sites for hydroxylation is 1. The molecule has 1 aliphatic rings. The van der Waals surface area contributed by atoms with Gasteiger partial charge >= 0.3 is 6.09 Å². The summed E-state index contributed by atoms with van der Waals surface area (Å²) >= 11 is 6.39. The van der Waals surface area contributed by atoms with Crippen LogP contribution in [-0.2, 0) is 14.3 Å². The zero-order valence-electron chi connectivity index (χ0n) is 22.9. The van der Waals surface area contributed by atoms with Gasteiger partial charge in [0.2, 0.25) is 5.91 Å². The molecule has 2 aromatic carbocycles. The van der Waals surface area contributed by atoms with E-state index in [1.54, 1.807) is 49.9 Å². The van der Waals surface area contributed by atoms with E-state index in [-0.39, 0.29) is 23.6 Å². The monoisotopic (exact) mass is 543 g/mol. The van der Waals surface area contributed by atoms with Crippen molar-refractivity contribution >= 4 is 35.2 Å². The third-order valence-corrected chi connectivity index (χ3v) is 6.87. The molecule has 0 heterocycles. The second kappa shape index (κ2) is 12.1. The van der Waals surface area contributed by atoms with Gasteiger partial charge in [-0.25, -0.2) is 4.79 Å². The third-order valence-electron chi connectivity index (χ3n) is 6.55. The SMILES string of the molecule is CCC(C)C(NC(=O)OC(C)(C)C)C(=O)N(C1CC1)C(C(=O)Nc1c(C)cccc1Cl)c1ccc(O)cc1. The fraction of sp³-hybridized carbons (Fsp3) is 0.483. The Balaban J connectivity index is 2.02. The maximum Gasteiger partial charge on any atom is 0.408 e. The zero-order valence-corrected chi connectivity index (χ0v) is 23.6. The molecule has 9 heteroatoms. The van der Waals surface area contributed by atoms with Crippen LogP contribution >= 0.6 is 11.6 Å². The lowest BCUT2D eigenvalue weighted by molar-refractivity contribution is -0.142. The number of phenols is 1. The maximum absolute atomic E-state index is 14.2. The van der Waals surface area contributed by atoms with Gasteiger partial charge in [0.1, 0.15) is 23.4 Å². The summed E-state index contributed by atoms with van der Waals surface area (Å²) in [5, 5.41) is 16.0. The summed E-state index contributed by atoms with van der Waals surface area (Å²) in [5.74, 6) is -0.974. The molecule has 2 aromatic rings. The second-order valence-electron chi connectivity index (χ2n) is 10.9. The molecule has 0 saturated heterocycles. The first-order valence-corrected chi connectivity index (χ1v) is 13.4. The van der Waals surface area contributed by atoms with Crippen molar-refractivity contribution in [3.8, 4) is 5.75 Å². The van der Waals surface area contributed by atoms with Gasteiger partial charge in [0.25, 0.3) is 5.91 Å². The first kappa shape index (κ1) is 29.3. The minimum Gasteiger partial charge on any atom is -0.508 e. The van der Waals surface area contributed by atoms with Crippen molar-refractivity contribution in [1.29, 1.82) is 0 Å². The van der Waals surface area contributed by atoms with Crippen LogP contribution in [0.1, 0.15) is 71.0 Å². The number of nitrogens with zero attached hydrogens (tertiary/aromatic N) is 1. The van der Waals surface area contributed by atoms with Crippen molar-refractivity contribution in [2.45, 2.75) is 84.5 Å². The molecule has 38 heavy (non-hydrogen) atoms. The summed E-state index contributed by atoms with van der Waals surface area (Å²) < 4.78 is 5.44. The average molecular weight is 544 g/mol. The Morgan fingerprint density at radius 1 is 1.13 bits per heavy atom. The summed E-state index contributed by atoms with van der Waals surface area (Å²) in [6.45, 7) is 10.9. The smallest absolute Gasteiger partial charge is 0.408 e. The lowest BCUT2D eigenvalue weighted by Crippen LogP contribution is -2.55. The topological polar surface area (TPSA) is 108 Å². The second-order valence-corrected chi connectivity index (χ2v) is 11.3. The number of hydrogen-bond donors (Lipinski definition) is 3. The van der Waals surface area contributed by atoms with Crippen LogP contribution in [0, 0.1) is 12.8 Å². The van der Waals surface area contributed by atoms with Crippen molar-refractivity contribution in [3.05, 3.63) is 58.6 Å². The molecule has 1 aliphatic carbocycles. The highest BCUT2D eigenvalue weighted by atomic mass is 35.5. The van der Waals surface area contributed by atoms with E-state index in [0.717, 1.165) is 18.4 Å². The molecule has 1 fully saturated rings. The van der Waals surface area contributed by atoms with Crippen LogP contribution in [0.4, 0.5) is 10.5 Å². The molecule has 0 aromatic heterocycles. The molecule has 0 spiro atoms. The lowest BCUT2D eigenvalue weighted by atomic mass is 9.95. The van der Waals surface area contributed by atoms with E-state index in [2.05, 4.69) is 10.6 Å². The number of aromatic hydroxyl groups is 1. The van der Waals surface area contributed by atoms with E-state index in [9.17, 15) is 19.5 Å². The van der Waals surface area contributed by atoms with Crippen LogP contribution in [0.15, 0.2) is 42.5 Å². The van der Waals surface area contributed by atoms with Crippen LogP contribution in [0.2, 0.25) is 5.02 Å². The van der Waals surface area contributed by atoms with Gasteiger partial charge < -0.3 is 25.4 Å². The van der Waals surface area contributed by atoms with E-state index in [1.165, 1.54) is 12.1 Å². The van der Waals surface area contributed by atoms with Gasteiger partial charge in [-0.15, -0.1) is 0 Å². The van der Waals surface area contributed by atoms with Crippen LogP contribution < -0.4 is 10.6 Å². The number of halogens is 1. The molecule has 8 nitrogen and oxygen atoms in total. The highest BCUT2D eigenvalue weighted by Crippen LogP contribution is 2.38. The standard InChI is InChI=1S/C29H38ClN3O5/c1-7-17(2)24(32-28(37)38-29(4,5)6)27(36)33(20-13-14-20)25(19-11-15-21(34)16-12-19)26(35)31-23-18(3)9-8-10-22(23)30/h8-12,15-17,20,24-25,34H,7,13-14H2,1-6H3,(H,31,35)(H,32,37). The first-order chi connectivity index (χ1) is 17.8. The number of anilines is 1. The molecule has 0 aliphatic heterocycles. The number of amides is 3. The summed E-state index contributed by atoms with van der Waals surface area (Å²) in [6, 6.07) is 9.45. The predicted molar refractivity (Wildman–Crippen MR) is 148 cm³/mol. The number of nitrogens with one attached hydrogen (secondary N) is 2. The zero-order chi connectivity index (χ0) is 28.2. The molecule has 3 amide bonds. The Labute approximate surface area is 229 Å². The minimum atomic E-state index is -1.02. The van der Waals surface area contributed by atoms with Gasteiger partial charge in [-0.05, 0) is 75.8 Å². The van der Waals surface area contributed by atoms with E-state index in [0.29, 0.717) is 22.7 Å². The molecular formula is C29H38ClN3O5. The fourth-order valence-corrected chi connectivity index (χ4v) is 4.49. The Morgan fingerprint density at radius 2 is 1.76 bits per heavy atom. The molecule has 3 atom stereocenters. The van der Waals surface area contributed by atoms with Gasteiger partial charge in [-0.3, -0.25) is 9.59 Å². The number of para-hydroxylation sites is 1.